The summed E-state index contributed by atoms with van der Waals surface area (Å²) < 4.78 is 0. The van der Waals surface area contributed by atoms with E-state index >= 15 is 0 Å². The van der Waals surface area contributed by atoms with Crippen molar-refractivity contribution in [2.75, 3.05) is 0 Å². The first-order valence-electron chi connectivity index (χ1n) is 3.81. The zero-order valence-corrected chi connectivity index (χ0v) is 7.52. The Labute approximate surface area is 68.1 Å². The Hall–Kier alpha value is -0.860. The molecule has 0 aliphatic heterocycles. The van der Waals surface area contributed by atoms with E-state index in [1.165, 1.54) is 20.1 Å². The van der Waals surface area contributed by atoms with Gasteiger partial charge in [-0.2, -0.15) is 0 Å². The summed E-state index contributed by atoms with van der Waals surface area (Å²) in [6, 6.07) is 0. The normalized spacial score (nSPS) is 9.00. The number of hydrogen-bond donors (Lipinski definition) is 1. The quantitative estimate of drug-likeness (QED) is 0.281. The minimum atomic E-state index is 0.167. The molecule has 66 valence electrons. The van der Waals surface area contributed by atoms with E-state index in [4.69, 9.17) is 0 Å². The molecular formula is C8H17NO2. The lowest BCUT2D eigenvalue weighted by molar-refractivity contribution is -0.368. The molecule has 0 unspecified atom stereocenters. The minimum absolute atomic E-state index is 0.167. The van der Waals surface area contributed by atoms with Crippen LogP contribution < -0.4 is 5.16 Å². The minimum Gasteiger partial charge on any atom is -0.626 e. The van der Waals surface area contributed by atoms with Crippen molar-refractivity contribution in [2.45, 2.75) is 40.0 Å². The molecule has 3 nitrogen and oxygen atoms in total. The van der Waals surface area contributed by atoms with Crippen molar-refractivity contribution in [1.82, 2.24) is 0 Å². The predicted octanol–water partition coefficient (Wildman–Crippen LogP) is 0.421. The lowest BCUT2D eigenvalue weighted by atomic mass is 10.3. The average Bonchev–Trinajstić information content (AvgIpc) is 1.88. The van der Waals surface area contributed by atoms with E-state index in [-0.39, 0.29) is 5.78 Å². The van der Waals surface area contributed by atoms with Gasteiger partial charge in [0.15, 0.2) is 0 Å². The summed E-state index contributed by atoms with van der Waals surface area (Å²) in [6.45, 7) is 5.15. The van der Waals surface area contributed by atoms with Crippen LogP contribution in [0.2, 0.25) is 0 Å². The molecule has 0 aliphatic rings. The molecule has 0 amide bonds. The van der Waals surface area contributed by atoms with E-state index in [0.717, 1.165) is 19.3 Å². The lowest BCUT2D eigenvalue weighted by Crippen LogP contribution is -2.60. The van der Waals surface area contributed by atoms with E-state index in [1.54, 1.807) is 5.16 Å². The van der Waals surface area contributed by atoms with Gasteiger partial charge in [0.25, 0.3) is 0 Å². The first-order chi connectivity index (χ1) is 5.15. The number of Topliss-reactive ketones (excluding diaryl/α,β-unsaturated/α-hetero) is 1. The zero-order chi connectivity index (χ0) is 9.11. The van der Waals surface area contributed by atoms with Crippen molar-refractivity contribution in [1.29, 1.82) is 0 Å². The second kappa shape index (κ2) is 11.9. The molecule has 0 saturated heterocycles. The van der Waals surface area contributed by atoms with Crippen molar-refractivity contribution < 1.29 is 9.95 Å². The molecule has 0 aromatic heterocycles. The molecule has 11 heavy (non-hydrogen) atoms. The van der Waals surface area contributed by atoms with Gasteiger partial charge in [-0.15, -0.1) is 0 Å². The molecule has 0 radical (unpaired) electrons. The van der Waals surface area contributed by atoms with Gasteiger partial charge >= 0.3 is 0 Å². The smallest absolute Gasteiger partial charge is 0.148 e. The fourth-order valence-corrected chi connectivity index (χ4v) is 0.365. The largest absolute Gasteiger partial charge is 0.626 e. The van der Waals surface area contributed by atoms with Crippen LogP contribution in [0.15, 0.2) is 0 Å². The van der Waals surface area contributed by atoms with Crippen LogP contribution in [0.1, 0.15) is 40.0 Å². The first-order valence-corrected chi connectivity index (χ1v) is 3.81. The van der Waals surface area contributed by atoms with Gasteiger partial charge in [-0.1, -0.05) is 13.3 Å². The summed E-state index contributed by atoms with van der Waals surface area (Å²) in [5.41, 5.74) is 0. The monoisotopic (exact) mass is 159 g/mol. The average molecular weight is 159 g/mol. The van der Waals surface area contributed by atoms with Gasteiger partial charge in [-0.25, -0.2) is 5.16 Å². The van der Waals surface area contributed by atoms with Crippen LogP contribution in [0.25, 0.3) is 0 Å². The van der Waals surface area contributed by atoms with Crippen molar-refractivity contribution in [2.24, 2.45) is 0 Å². The molecule has 0 spiro atoms. The maximum absolute atomic E-state index is 9.50. The van der Waals surface area contributed by atoms with Gasteiger partial charge in [0.2, 0.25) is 0 Å². The summed E-state index contributed by atoms with van der Waals surface area (Å²) in [6.07, 6.45) is 4.68. The number of ketones is 1. The van der Waals surface area contributed by atoms with Gasteiger partial charge in [0, 0.05) is 6.42 Å². The first kappa shape index (κ1) is 12.8. The fourth-order valence-electron chi connectivity index (χ4n) is 0.365. The van der Waals surface area contributed by atoms with Crippen LogP contribution in [-0.4, -0.2) is 12.0 Å². The molecule has 1 N–H and O–H groups in total. The second-order valence-electron chi connectivity index (χ2n) is 2.37. The van der Waals surface area contributed by atoms with Crippen molar-refractivity contribution in [3.05, 3.63) is 5.21 Å². The summed E-state index contributed by atoms with van der Waals surface area (Å²) in [5, 5.41) is 11.2. The maximum Gasteiger partial charge on any atom is 0.148 e. The number of unbranched alkanes of at least 4 members (excludes halogenated alkanes) is 2. The molecule has 0 bridgehead atoms. The number of nitrogens with one attached hydrogen (secondary N) is 1. The van der Waals surface area contributed by atoms with Gasteiger partial charge in [-0.05, 0) is 20.3 Å². The van der Waals surface area contributed by atoms with Gasteiger partial charge in [0.1, 0.15) is 12.0 Å². The van der Waals surface area contributed by atoms with Crippen molar-refractivity contribution in [3.63, 3.8) is 0 Å². The molecular weight excluding hydrogens is 142 g/mol. The van der Waals surface area contributed by atoms with Crippen LogP contribution >= 0.6 is 0 Å². The SMILES string of the molecule is CC(C)=O.CCCCC=[NH+][O-]. The Bertz CT molecular complexity index is 107. The van der Waals surface area contributed by atoms with E-state index < -0.39 is 0 Å². The Balaban J connectivity index is 0. The molecule has 0 aromatic carbocycles. The summed E-state index contributed by atoms with van der Waals surface area (Å²) in [4.78, 5) is 9.44. The third-order valence-corrected chi connectivity index (χ3v) is 0.785. The molecule has 0 saturated carbocycles. The predicted molar refractivity (Wildman–Crippen MR) is 46.3 cm³/mol. The van der Waals surface area contributed by atoms with Gasteiger partial charge < -0.3 is 10.0 Å². The Morgan fingerprint density at radius 3 is 2.27 bits per heavy atom. The Morgan fingerprint density at radius 2 is 2.00 bits per heavy atom. The van der Waals surface area contributed by atoms with Crippen molar-refractivity contribution >= 4 is 12.0 Å². The van der Waals surface area contributed by atoms with Crippen LogP contribution in [0.3, 0.4) is 0 Å². The molecule has 0 atom stereocenters. The van der Waals surface area contributed by atoms with E-state index in [1.807, 2.05) is 0 Å². The van der Waals surface area contributed by atoms with Crippen molar-refractivity contribution in [3.8, 4) is 0 Å². The summed E-state index contributed by atoms with van der Waals surface area (Å²) in [5.74, 6) is 0.167. The standard InChI is InChI=1S/C5H11NO.C3H6O/c1-2-3-4-5-6-7;1-3(2)4/h5-6H,2-4H2,1H3;1-2H3. The van der Waals surface area contributed by atoms with Crippen LogP contribution in [0.4, 0.5) is 0 Å². The highest BCUT2D eigenvalue weighted by atomic mass is 16.4. The second-order valence-corrected chi connectivity index (χ2v) is 2.37. The molecule has 0 rings (SSSR count). The van der Waals surface area contributed by atoms with Crippen LogP contribution in [0.5, 0.6) is 0 Å². The van der Waals surface area contributed by atoms with Crippen LogP contribution in [0, 0.1) is 5.21 Å². The molecule has 3 heteroatoms. The lowest BCUT2D eigenvalue weighted by Gasteiger charge is -1.82. The highest BCUT2D eigenvalue weighted by Crippen LogP contribution is 1.86. The number of carbonyl (C=O) groups excluding carboxylic acids is 1. The number of rotatable bonds is 3. The third kappa shape index (κ3) is 47.3. The summed E-state index contributed by atoms with van der Waals surface area (Å²) >= 11 is 0. The molecule has 0 heterocycles. The van der Waals surface area contributed by atoms with E-state index in [0.29, 0.717) is 0 Å². The highest BCUT2D eigenvalue weighted by molar-refractivity contribution is 5.72. The Morgan fingerprint density at radius 1 is 1.55 bits per heavy atom. The molecule has 0 fully saturated rings. The van der Waals surface area contributed by atoms with E-state index in [9.17, 15) is 10.0 Å². The van der Waals surface area contributed by atoms with Gasteiger partial charge in [-0.3, -0.25) is 0 Å². The maximum atomic E-state index is 9.50. The van der Waals surface area contributed by atoms with Crippen LogP contribution in [-0.2, 0) is 4.79 Å². The number of carbonyl (C=O) groups is 1. The molecule has 0 aliphatic carbocycles. The van der Waals surface area contributed by atoms with Gasteiger partial charge in [0.05, 0.1) is 0 Å². The zero-order valence-electron chi connectivity index (χ0n) is 7.52. The highest BCUT2D eigenvalue weighted by Gasteiger charge is 1.77. The number of hydrogen-bond acceptors (Lipinski definition) is 2. The summed E-state index contributed by atoms with van der Waals surface area (Å²) in [7, 11) is 0. The third-order valence-electron chi connectivity index (χ3n) is 0.785. The Kier molecular flexibility index (Phi) is 13.8. The topological polar surface area (TPSA) is 54.1 Å². The molecule has 0 aromatic rings. The fraction of sp³-hybridized carbons (Fsp3) is 0.750. The van der Waals surface area contributed by atoms with E-state index in [2.05, 4.69) is 6.92 Å².